The van der Waals surface area contributed by atoms with Crippen LogP contribution in [0.25, 0.3) is 21.7 Å². The van der Waals surface area contributed by atoms with Crippen molar-refractivity contribution in [2.75, 3.05) is 12.4 Å². The summed E-state index contributed by atoms with van der Waals surface area (Å²) in [6.07, 6.45) is 1.50. The number of methoxy groups -OCH3 is 1. The number of aromatic nitrogens is 1. The summed E-state index contributed by atoms with van der Waals surface area (Å²) in [5.41, 5.74) is -0.385. The molecule has 164 valence electrons. The fourth-order valence-corrected chi connectivity index (χ4v) is 4.78. The van der Waals surface area contributed by atoms with Crippen LogP contribution in [0.3, 0.4) is 0 Å². The molecule has 1 atom stereocenters. The van der Waals surface area contributed by atoms with Gasteiger partial charge in [0.25, 0.3) is 0 Å². The quantitative estimate of drug-likeness (QED) is 0.312. The standard InChI is InChI=1S/C23H21N2O6P/c1-25-13-19(18-12-16(23(27)31-2)8-10-20(18)25)21(32(28,29)30)22(26)24-17-9-7-14-5-3-4-6-15(14)11-17/h3-13,21H,1-2H3,(H,24,26)(H2,28,29,30). The normalized spacial score (nSPS) is 12.6. The van der Waals surface area contributed by atoms with E-state index in [9.17, 15) is 23.9 Å². The number of esters is 1. The largest absolute Gasteiger partial charge is 0.465 e. The zero-order valence-electron chi connectivity index (χ0n) is 17.4. The molecule has 0 saturated heterocycles. The number of amides is 1. The van der Waals surface area contributed by atoms with Crippen molar-refractivity contribution in [1.82, 2.24) is 4.57 Å². The molecule has 0 saturated carbocycles. The number of hydrogen-bond donors (Lipinski definition) is 3. The van der Waals surface area contributed by atoms with Gasteiger partial charge in [-0.25, -0.2) is 4.79 Å². The van der Waals surface area contributed by atoms with Crippen molar-refractivity contribution in [3.05, 3.63) is 78.0 Å². The zero-order valence-corrected chi connectivity index (χ0v) is 18.2. The topological polar surface area (TPSA) is 118 Å². The van der Waals surface area contributed by atoms with Gasteiger partial charge in [-0.3, -0.25) is 9.36 Å². The zero-order chi connectivity index (χ0) is 23.0. The highest BCUT2D eigenvalue weighted by Gasteiger charge is 2.39. The second-order valence-corrected chi connectivity index (χ2v) is 9.16. The van der Waals surface area contributed by atoms with Crippen LogP contribution >= 0.6 is 7.60 Å². The summed E-state index contributed by atoms with van der Waals surface area (Å²) in [4.78, 5) is 45.3. The Kier molecular flexibility index (Phi) is 5.60. The van der Waals surface area contributed by atoms with Crippen LogP contribution in [0.5, 0.6) is 0 Å². The maximum atomic E-state index is 13.1. The van der Waals surface area contributed by atoms with Gasteiger partial charge in [0.05, 0.1) is 12.7 Å². The van der Waals surface area contributed by atoms with E-state index in [4.69, 9.17) is 4.74 Å². The van der Waals surface area contributed by atoms with Gasteiger partial charge in [-0.15, -0.1) is 0 Å². The lowest BCUT2D eigenvalue weighted by atomic mass is 10.1. The van der Waals surface area contributed by atoms with E-state index < -0.39 is 25.1 Å². The monoisotopic (exact) mass is 452 g/mol. The first-order valence-corrected chi connectivity index (χ1v) is 11.4. The third-order valence-electron chi connectivity index (χ3n) is 5.34. The Hall–Kier alpha value is -3.45. The van der Waals surface area contributed by atoms with Gasteiger partial charge in [-0.2, -0.15) is 0 Å². The molecule has 0 aliphatic rings. The summed E-state index contributed by atoms with van der Waals surface area (Å²) in [7, 11) is -1.98. The van der Waals surface area contributed by atoms with E-state index in [0.29, 0.717) is 16.6 Å². The first kappa shape index (κ1) is 21.8. The van der Waals surface area contributed by atoms with Gasteiger partial charge in [0.1, 0.15) is 0 Å². The minimum atomic E-state index is -4.92. The average Bonchev–Trinajstić information content (AvgIpc) is 3.07. The number of rotatable bonds is 5. The minimum Gasteiger partial charge on any atom is -0.465 e. The highest BCUT2D eigenvalue weighted by molar-refractivity contribution is 7.53. The van der Waals surface area contributed by atoms with Crippen molar-refractivity contribution < 1.29 is 28.7 Å². The Bertz CT molecular complexity index is 1400. The van der Waals surface area contributed by atoms with E-state index in [1.54, 1.807) is 35.9 Å². The molecule has 1 amide bonds. The molecule has 3 N–H and O–H groups in total. The molecule has 0 spiro atoms. The Morgan fingerprint density at radius 3 is 2.44 bits per heavy atom. The van der Waals surface area contributed by atoms with Gasteiger partial charge < -0.3 is 24.4 Å². The summed E-state index contributed by atoms with van der Waals surface area (Å²) in [6.45, 7) is 0. The van der Waals surface area contributed by atoms with Crippen LogP contribution in [-0.2, 0) is 21.1 Å². The van der Waals surface area contributed by atoms with E-state index in [2.05, 4.69) is 5.32 Å². The van der Waals surface area contributed by atoms with Gasteiger partial charge in [-0.1, -0.05) is 30.3 Å². The third kappa shape index (κ3) is 4.03. The first-order valence-electron chi connectivity index (χ1n) is 9.71. The number of aryl methyl sites for hydroxylation is 1. The Balaban J connectivity index is 1.78. The molecule has 4 rings (SSSR count). The fraction of sp³-hybridized carbons (Fsp3) is 0.130. The van der Waals surface area contributed by atoms with Gasteiger partial charge in [0.15, 0.2) is 5.66 Å². The molecule has 4 aromatic rings. The third-order valence-corrected chi connectivity index (χ3v) is 6.52. The van der Waals surface area contributed by atoms with E-state index in [1.807, 2.05) is 30.3 Å². The van der Waals surface area contributed by atoms with Crippen LogP contribution in [0.4, 0.5) is 5.69 Å². The van der Waals surface area contributed by atoms with Crippen molar-refractivity contribution in [2.45, 2.75) is 5.66 Å². The Morgan fingerprint density at radius 2 is 1.75 bits per heavy atom. The molecule has 1 unspecified atom stereocenters. The lowest BCUT2D eigenvalue weighted by molar-refractivity contribution is -0.116. The first-order chi connectivity index (χ1) is 15.2. The van der Waals surface area contributed by atoms with Crippen LogP contribution in [0, 0.1) is 0 Å². The minimum absolute atomic E-state index is 0.125. The number of benzene rings is 3. The van der Waals surface area contributed by atoms with Gasteiger partial charge in [-0.05, 0) is 41.1 Å². The van der Waals surface area contributed by atoms with Crippen LogP contribution in [-0.4, -0.2) is 33.3 Å². The van der Waals surface area contributed by atoms with E-state index >= 15 is 0 Å². The van der Waals surface area contributed by atoms with Crippen LogP contribution in [0.2, 0.25) is 0 Å². The molecule has 0 aliphatic carbocycles. The summed E-state index contributed by atoms with van der Waals surface area (Å²) >= 11 is 0. The van der Waals surface area contributed by atoms with Crippen LogP contribution in [0.15, 0.2) is 66.9 Å². The highest BCUT2D eigenvalue weighted by atomic mass is 31.2. The summed E-state index contributed by atoms with van der Waals surface area (Å²) in [5, 5.41) is 4.87. The molecule has 3 aromatic carbocycles. The Labute approximate surface area is 183 Å². The maximum absolute atomic E-state index is 13.1. The number of anilines is 1. The van der Waals surface area contributed by atoms with Crippen molar-refractivity contribution >= 4 is 46.8 Å². The maximum Gasteiger partial charge on any atom is 0.342 e. The predicted molar refractivity (Wildman–Crippen MR) is 122 cm³/mol. The number of nitrogens with one attached hydrogen (secondary N) is 1. The van der Waals surface area contributed by atoms with Gasteiger partial charge in [0, 0.05) is 35.4 Å². The van der Waals surface area contributed by atoms with Crippen molar-refractivity contribution in [1.29, 1.82) is 0 Å². The lowest BCUT2D eigenvalue weighted by Crippen LogP contribution is -2.21. The number of fused-ring (bicyclic) bond motifs is 2. The predicted octanol–water partition coefficient (Wildman–Crippen LogP) is 3.98. The molecule has 9 heteroatoms. The second kappa shape index (κ2) is 8.24. The molecule has 8 nitrogen and oxygen atoms in total. The van der Waals surface area contributed by atoms with Crippen molar-refractivity contribution in [3.8, 4) is 0 Å². The van der Waals surface area contributed by atoms with Gasteiger partial charge in [0.2, 0.25) is 5.91 Å². The molecule has 1 aromatic heterocycles. The molecule has 0 fully saturated rings. The lowest BCUT2D eigenvalue weighted by Gasteiger charge is -2.18. The summed E-state index contributed by atoms with van der Waals surface area (Å²) < 4.78 is 18.8. The molecule has 0 aliphatic heterocycles. The molecule has 1 heterocycles. The summed E-state index contributed by atoms with van der Waals surface area (Å²) in [5.74, 6) is -1.43. The SMILES string of the molecule is COC(=O)c1ccc2c(c1)c(C(C(=O)Nc1ccc3ccccc3c1)P(=O)(O)O)cn2C. The number of carbonyl (C=O) groups is 2. The summed E-state index contributed by atoms with van der Waals surface area (Å²) in [6, 6.07) is 17.5. The second-order valence-electron chi connectivity index (χ2n) is 7.46. The molecule has 32 heavy (non-hydrogen) atoms. The molecular weight excluding hydrogens is 431 g/mol. The van der Waals surface area contributed by atoms with Gasteiger partial charge >= 0.3 is 13.6 Å². The Morgan fingerprint density at radius 1 is 1.03 bits per heavy atom. The molecule has 0 radical (unpaired) electrons. The van der Waals surface area contributed by atoms with Crippen molar-refractivity contribution in [2.24, 2.45) is 7.05 Å². The van der Waals surface area contributed by atoms with Crippen molar-refractivity contribution in [3.63, 3.8) is 0 Å². The van der Waals surface area contributed by atoms with E-state index in [1.165, 1.54) is 19.4 Å². The highest BCUT2D eigenvalue weighted by Crippen LogP contribution is 2.54. The average molecular weight is 452 g/mol. The van der Waals surface area contributed by atoms with Crippen LogP contribution < -0.4 is 5.32 Å². The number of ether oxygens (including phenoxy) is 1. The van der Waals surface area contributed by atoms with E-state index in [0.717, 1.165) is 10.8 Å². The van der Waals surface area contributed by atoms with E-state index in [-0.39, 0.29) is 11.1 Å². The van der Waals surface area contributed by atoms with Crippen LogP contribution in [0.1, 0.15) is 21.6 Å². The molecular formula is C23H21N2O6P. The fourth-order valence-electron chi connectivity index (χ4n) is 3.84. The number of nitrogens with zero attached hydrogens (tertiary/aromatic N) is 1. The molecule has 0 bridgehead atoms. The smallest absolute Gasteiger partial charge is 0.342 e. The number of carbonyl (C=O) groups excluding carboxylic acids is 2. The number of hydrogen-bond acceptors (Lipinski definition) is 4.